The minimum absolute atomic E-state index is 0.283. The van der Waals surface area contributed by atoms with Crippen LogP contribution in [-0.4, -0.2) is 12.6 Å². The van der Waals surface area contributed by atoms with Gasteiger partial charge < -0.3 is 10.6 Å². The van der Waals surface area contributed by atoms with Crippen LogP contribution >= 0.6 is 23.2 Å². The van der Waals surface area contributed by atoms with Crippen molar-refractivity contribution in [2.45, 2.75) is 13.0 Å². The van der Waals surface area contributed by atoms with Gasteiger partial charge >= 0.3 is 6.03 Å². The number of nitrogens with one attached hydrogen (secondary N) is 2. The molecule has 0 heterocycles. The molecule has 0 radical (unpaired) electrons. The molecule has 0 saturated heterocycles. The Labute approximate surface area is 138 Å². The molecule has 0 spiro atoms. The number of amides is 2. The van der Waals surface area contributed by atoms with E-state index in [1.165, 1.54) is 12.1 Å². The van der Waals surface area contributed by atoms with Crippen molar-refractivity contribution in [3.63, 3.8) is 0 Å². The molecule has 6 heteroatoms. The molecule has 0 aliphatic rings. The summed E-state index contributed by atoms with van der Waals surface area (Å²) in [7, 11) is 0. The lowest BCUT2D eigenvalue weighted by Crippen LogP contribution is -2.36. The Morgan fingerprint density at radius 2 is 1.77 bits per heavy atom. The number of carbonyl (C=O) groups excluding carboxylic acids is 1. The molecule has 22 heavy (non-hydrogen) atoms. The minimum Gasteiger partial charge on any atom is -0.338 e. The zero-order valence-corrected chi connectivity index (χ0v) is 13.2. The number of hydrogen-bond donors (Lipinski definition) is 2. The summed E-state index contributed by atoms with van der Waals surface area (Å²) in [5.41, 5.74) is 1.75. The minimum atomic E-state index is -0.298. The Balaban J connectivity index is 1.72. The number of carbonyl (C=O) groups is 1. The van der Waals surface area contributed by atoms with E-state index in [0.717, 1.165) is 11.1 Å². The van der Waals surface area contributed by atoms with Gasteiger partial charge in [0, 0.05) is 23.1 Å². The van der Waals surface area contributed by atoms with E-state index in [4.69, 9.17) is 23.2 Å². The molecule has 0 atom stereocenters. The van der Waals surface area contributed by atoms with E-state index in [2.05, 4.69) is 10.6 Å². The Morgan fingerprint density at radius 1 is 1.05 bits per heavy atom. The normalized spacial score (nSPS) is 10.3. The highest BCUT2D eigenvalue weighted by atomic mass is 35.5. The van der Waals surface area contributed by atoms with Crippen molar-refractivity contribution in [3.8, 4) is 0 Å². The number of halogens is 3. The maximum absolute atomic E-state index is 12.8. The molecular formula is C16H15Cl2FN2O. The maximum atomic E-state index is 12.8. The summed E-state index contributed by atoms with van der Waals surface area (Å²) < 4.78 is 12.8. The van der Waals surface area contributed by atoms with Gasteiger partial charge in [0.25, 0.3) is 0 Å². The van der Waals surface area contributed by atoms with Crippen LogP contribution in [0.3, 0.4) is 0 Å². The Morgan fingerprint density at radius 3 is 2.45 bits per heavy atom. The van der Waals surface area contributed by atoms with Gasteiger partial charge in [-0.05, 0) is 41.8 Å². The SMILES string of the molecule is O=C(NCCc1ccc(Cl)cc1Cl)NCc1ccc(F)cc1. The van der Waals surface area contributed by atoms with Gasteiger partial charge in [0.15, 0.2) is 0 Å². The second kappa shape index (κ2) is 8.01. The molecule has 0 aliphatic carbocycles. The summed E-state index contributed by atoms with van der Waals surface area (Å²) in [6.07, 6.45) is 0.611. The summed E-state index contributed by atoms with van der Waals surface area (Å²) >= 11 is 11.9. The van der Waals surface area contributed by atoms with E-state index in [-0.39, 0.29) is 11.8 Å². The summed E-state index contributed by atoms with van der Waals surface area (Å²) in [5, 5.41) is 6.61. The van der Waals surface area contributed by atoms with Gasteiger partial charge in [-0.1, -0.05) is 41.4 Å². The van der Waals surface area contributed by atoms with Crippen LogP contribution in [0.15, 0.2) is 42.5 Å². The third-order valence-electron chi connectivity index (χ3n) is 3.06. The predicted molar refractivity (Wildman–Crippen MR) is 86.8 cm³/mol. The molecule has 2 aromatic carbocycles. The largest absolute Gasteiger partial charge is 0.338 e. The first-order valence-electron chi connectivity index (χ1n) is 6.74. The molecule has 0 fully saturated rings. The lowest BCUT2D eigenvalue weighted by Gasteiger charge is -2.09. The third kappa shape index (κ3) is 5.20. The zero-order valence-electron chi connectivity index (χ0n) is 11.7. The fourth-order valence-electron chi connectivity index (χ4n) is 1.88. The van der Waals surface area contributed by atoms with Crippen molar-refractivity contribution in [2.75, 3.05) is 6.54 Å². The predicted octanol–water partition coefficient (Wildman–Crippen LogP) is 4.17. The molecule has 2 rings (SSSR count). The molecule has 2 aromatic rings. The first kappa shape index (κ1) is 16.6. The lowest BCUT2D eigenvalue weighted by atomic mass is 10.1. The van der Waals surface area contributed by atoms with E-state index in [1.54, 1.807) is 24.3 Å². The topological polar surface area (TPSA) is 41.1 Å². The van der Waals surface area contributed by atoms with Gasteiger partial charge in [-0.25, -0.2) is 9.18 Å². The number of rotatable bonds is 5. The smallest absolute Gasteiger partial charge is 0.315 e. The second-order valence-electron chi connectivity index (χ2n) is 4.72. The molecule has 0 aliphatic heterocycles. The summed E-state index contributed by atoms with van der Waals surface area (Å²) in [6, 6.07) is 11.0. The van der Waals surface area contributed by atoms with Crippen LogP contribution in [0.4, 0.5) is 9.18 Å². The van der Waals surface area contributed by atoms with Crippen molar-refractivity contribution >= 4 is 29.2 Å². The summed E-state index contributed by atoms with van der Waals surface area (Å²) in [6.45, 7) is 0.796. The van der Waals surface area contributed by atoms with Gasteiger partial charge in [-0.2, -0.15) is 0 Å². The van der Waals surface area contributed by atoms with Crippen LogP contribution < -0.4 is 10.6 Å². The molecule has 116 valence electrons. The molecule has 2 N–H and O–H groups in total. The van der Waals surface area contributed by atoms with Gasteiger partial charge in [-0.3, -0.25) is 0 Å². The first-order valence-corrected chi connectivity index (χ1v) is 7.50. The van der Waals surface area contributed by atoms with Crippen molar-refractivity contribution in [3.05, 3.63) is 69.5 Å². The average Bonchev–Trinajstić information content (AvgIpc) is 2.49. The number of benzene rings is 2. The highest BCUT2D eigenvalue weighted by molar-refractivity contribution is 6.35. The highest BCUT2D eigenvalue weighted by Gasteiger charge is 2.04. The molecular weight excluding hydrogens is 326 g/mol. The Bertz CT molecular complexity index is 647. The van der Waals surface area contributed by atoms with Gasteiger partial charge in [0.05, 0.1) is 0 Å². The molecule has 0 saturated carbocycles. The van der Waals surface area contributed by atoms with Crippen LogP contribution in [-0.2, 0) is 13.0 Å². The fraction of sp³-hybridized carbons (Fsp3) is 0.188. The number of urea groups is 1. The van der Waals surface area contributed by atoms with E-state index >= 15 is 0 Å². The van der Waals surface area contributed by atoms with Gasteiger partial charge in [0.1, 0.15) is 5.82 Å². The zero-order chi connectivity index (χ0) is 15.9. The Hall–Kier alpha value is -1.78. The van der Waals surface area contributed by atoms with Crippen LogP contribution in [0.1, 0.15) is 11.1 Å². The van der Waals surface area contributed by atoms with Crippen LogP contribution in [0.2, 0.25) is 10.0 Å². The summed E-state index contributed by atoms with van der Waals surface area (Å²) in [5.74, 6) is -0.298. The lowest BCUT2D eigenvalue weighted by molar-refractivity contribution is 0.240. The summed E-state index contributed by atoms with van der Waals surface area (Å²) in [4.78, 5) is 11.7. The molecule has 0 unspecified atom stereocenters. The molecule has 0 aromatic heterocycles. The van der Waals surface area contributed by atoms with Gasteiger partial charge in [0.2, 0.25) is 0 Å². The first-order chi connectivity index (χ1) is 10.5. The van der Waals surface area contributed by atoms with E-state index in [0.29, 0.717) is 29.6 Å². The van der Waals surface area contributed by atoms with Crippen LogP contribution in [0.5, 0.6) is 0 Å². The quantitative estimate of drug-likeness (QED) is 0.842. The maximum Gasteiger partial charge on any atom is 0.315 e. The number of hydrogen-bond acceptors (Lipinski definition) is 1. The van der Waals surface area contributed by atoms with Crippen LogP contribution in [0, 0.1) is 5.82 Å². The van der Waals surface area contributed by atoms with Crippen molar-refractivity contribution in [2.24, 2.45) is 0 Å². The highest BCUT2D eigenvalue weighted by Crippen LogP contribution is 2.20. The van der Waals surface area contributed by atoms with E-state index < -0.39 is 0 Å². The van der Waals surface area contributed by atoms with Crippen molar-refractivity contribution in [1.29, 1.82) is 0 Å². The second-order valence-corrected chi connectivity index (χ2v) is 5.57. The molecule has 3 nitrogen and oxygen atoms in total. The van der Waals surface area contributed by atoms with E-state index in [9.17, 15) is 9.18 Å². The average molecular weight is 341 g/mol. The monoisotopic (exact) mass is 340 g/mol. The van der Waals surface area contributed by atoms with E-state index in [1.807, 2.05) is 6.07 Å². The van der Waals surface area contributed by atoms with Crippen LogP contribution in [0.25, 0.3) is 0 Å². The Kier molecular flexibility index (Phi) is 6.04. The fourth-order valence-corrected chi connectivity index (χ4v) is 2.39. The van der Waals surface area contributed by atoms with Crippen molar-refractivity contribution in [1.82, 2.24) is 10.6 Å². The molecule has 2 amide bonds. The molecule has 0 bridgehead atoms. The van der Waals surface area contributed by atoms with Gasteiger partial charge in [-0.15, -0.1) is 0 Å². The third-order valence-corrected chi connectivity index (χ3v) is 3.65. The van der Waals surface area contributed by atoms with Crippen molar-refractivity contribution < 1.29 is 9.18 Å². The standard InChI is InChI=1S/C16H15Cl2FN2O/c17-13-4-3-12(15(18)9-13)7-8-20-16(22)21-10-11-1-5-14(19)6-2-11/h1-6,9H,7-8,10H2,(H2,20,21,22).